The van der Waals surface area contributed by atoms with Gasteiger partial charge in [0.05, 0.1) is 5.69 Å². The summed E-state index contributed by atoms with van der Waals surface area (Å²) in [5.41, 5.74) is 2.86. The SMILES string of the molecule is Cc1nccn1-c1ccc(CNC(=O)c2cc(CC(C)C)no2)cc1. The van der Waals surface area contributed by atoms with E-state index in [0.717, 1.165) is 29.2 Å². The molecular formula is C19H22N4O2. The summed E-state index contributed by atoms with van der Waals surface area (Å²) < 4.78 is 7.13. The maximum Gasteiger partial charge on any atom is 0.290 e. The van der Waals surface area contributed by atoms with E-state index in [0.29, 0.717) is 12.5 Å². The largest absolute Gasteiger partial charge is 0.351 e. The van der Waals surface area contributed by atoms with Crippen LogP contribution in [0.4, 0.5) is 0 Å². The third-order valence-corrected chi connectivity index (χ3v) is 3.89. The molecule has 2 heterocycles. The Morgan fingerprint density at radius 3 is 2.68 bits per heavy atom. The number of imidazole rings is 1. The molecule has 0 aliphatic carbocycles. The van der Waals surface area contributed by atoms with Crippen molar-refractivity contribution >= 4 is 5.91 Å². The average molecular weight is 338 g/mol. The predicted octanol–water partition coefficient (Wildman–Crippen LogP) is 3.30. The zero-order valence-corrected chi connectivity index (χ0v) is 14.7. The number of nitrogens with zero attached hydrogens (tertiary/aromatic N) is 3. The minimum Gasteiger partial charge on any atom is -0.351 e. The molecule has 3 aromatic rings. The topological polar surface area (TPSA) is 73.0 Å². The Morgan fingerprint density at radius 2 is 2.04 bits per heavy atom. The van der Waals surface area contributed by atoms with Gasteiger partial charge in [-0.15, -0.1) is 0 Å². The number of hydrogen-bond acceptors (Lipinski definition) is 4. The molecule has 0 radical (unpaired) electrons. The first-order valence-electron chi connectivity index (χ1n) is 8.36. The van der Waals surface area contributed by atoms with E-state index in [9.17, 15) is 4.79 Å². The molecule has 6 nitrogen and oxygen atoms in total. The quantitative estimate of drug-likeness (QED) is 0.748. The first-order valence-corrected chi connectivity index (χ1v) is 8.36. The van der Waals surface area contributed by atoms with Gasteiger partial charge in [0.1, 0.15) is 5.82 Å². The van der Waals surface area contributed by atoms with Crippen LogP contribution in [-0.2, 0) is 13.0 Å². The smallest absolute Gasteiger partial charge is 0.290 e. The van der Waals surface area contributed by atoms with E-state index in [1.807, 2.05) is 42.0 Å². The average Bonchev–Trinajstić information content (AvgIpc) is 3.22. The molecule has 0 spiro atoms. The van der Waals surface area contributed by atoms with Crippen molar-refractivity contribution in [2.24, 2.45) is 5.92 Å². The first kappa shape index (κ1) is 17.0. The highest BCUT2D eigenvalue weighted by Gasteiger charge is 2.13. The maximum atomic E-state index is 12.2. The molecular weight excluding hydrogens is 316 g/mol. The molecule has 25 heavy (non-hydrogen) atoms. The van der Waals surface area contributed by atoms with Gasteiger partial charge >= 0.3 is 0 Å². The van der Waals surface area contributed by atoms with E-state index >= 15 is 0 Å². The highest BCUT2D eigenvalue weighted by molar-refractivity contribution is 5.91. The summed E-state index contributed by atoms with van der Waals surface area (Å²) in [7, 11) is 0. The molecule has 0 saturated carbocycles. The predicted molar refractivity (Wildman–Crippen MR) is 94.5 cm³/mol. The molecule has 2 aromatic heterocycles. The van der Waals surface area contributed by atoms with Crippen LogP contribution in [0.2, 0.25) is 0 Å². The summed E-state index contributed by atoms with van der Waals surface area (Å²) in [5, 5.41) is 6.79. The molecule has 0 atom stereocenters. The van der Waals surface area contributed by atoms with Gasteiger partial charge < -0.3 is 14.4 Å². The third kappa shape index (κ3) is 4.15. The van der Waals surface area contributed by atoms with Gasteiger partial charge in [-0.3, -0.25) is 4.79 Å². The number of aryl methyl sites for hydroxylation is 1. The van der Waals surface area contributed by atoms with Crippen molar-refractivity contribution in [1.29, 1.82) is 0 Å². The Balaban J connectivity index is 1.59. The lowest BCUT2D eigenvalue weighted by Crippen LogP contribution is -2.22. The lowest BCUT2D eigenvalue weighted by Gasteiger charge is -2.07. The molecule has 0 fully saturated rings. The summed E-state index contributed by atoms with van der Waals surface area (Å²) in [6, 6.07) is 9.69. The van der Waals surface area contributed by atoms with Gasteiger partial charge in [0.15, 0.2) is 0 Å². The van der Waals surface area contributed by atoms with Crippen molar-refractivity contribution < 1.29 is 9.32 Å². The van der Waals surface area contributed by atoms with Crippen LogP contribution in [0.25, 0.3) is 5.69 Å². The highest BCUT2D eigenvalue weighted by Crippen LogP contribution is 2.12. The number of carbonyl (C=O) groups excluding carboxylic acids is 1. The molecule has 1 N–H and O–H groups in total. The van der Waals surface area contributed by atoms with Crippen molar-refractivity contribution in [3.05, 3.63) is 65.6 Å². The van der Waals surface area contributed by atoms with E-state index in [4.69, 9.17) is 4.52 Å². The van der Waals surface area contributed by atoms with Crippen LogP contribution >= 0.6 is 0 Å². The summed E-state index contributed by atoms with van der Waals surface area (Å²) in [4.78, 5) is 16.4. The van der Waals surface area contributed by atoms with Crippen LogP contribution in [0, 0.1) is 12.8 Å². The fourth-order valence-electron chi connectivity index (χ4n) is 2.63. The summed E-state index contributed by atoms with van der Waals surface area (Å²) >= 11 is 0. The molecule has 0 saturated heterocycles. The Morgan fingerprint density at radius 1 is 1.28 bits per heavy atom. The van der Waals surface area contributed by atoms with Crippen molar-refractivity contribution in [1.82, 2.24) is 20.0 Å². The Labute approximate surface area is 146 Å². The highest BCUT2D eigenvalue weighted by atomic mass is 16.5. The van der Waals surface area contributed by atoms with Crippen LogP contribution in [0.3, 0.4) is 0 Å². The van der Waals surface area contributed by atoms with Crippen LogP contribution in [-0.4, -0.2) is 20.6 Å². The van der Waals surface area contributed by atoms with Gasteiger partial charge in [-0.1, -0.05) is 31.1 Å². The summed E-state index contributed by atoms with van der Waals surface area (Å²) in [6.45, 7) is 6.59. The number of hydrogen-bond donors (Lipinski definition) is 1. The van der Waals surface area contributed by atoms with E-state index in [1.165, 1.54) is 0 Å². The molecule has 0 aliphatic heterocycles. The molecule has 0 bridgehead atoms. The fourth-order valence-corrected chi connectivity index (χ4v) is 2.63. The van der Waals surface area contributed by atoms with Crippen molar-refractivity contribution in [2.75, 3.05) is 0 Å². The fraction of sp³-hybridized carbons (Fsp3) is 0.316. The zero-order chi connectivity index (χ0) is 17.8. The van der Waals surface area contributed by atoms with Gasteiger partial charge in [0.25, 0.3) is 5.91 Å². The van der Waals surface area contributed by atoms with E-state index in [-0.39, 0.29) is 11.7 Å². The molecule has 1 amide bonds. The van der Waals surface area contributed by atoms with Crippen molar-refractivity contribution in [2.45, 2.75) is 33.7 Å². The van der Waals surface area contributed by atoms with Crippen LogP contribution in [0.15, 0.2) is 47.2 Å². The number of carbonyl (C=O) groups is 1. The summed E-state index contributed by atoms with van der Waals surface area (Å²) in [5.74, 6) is 1.40. The molecule has 0 unspecified atom stereocenters. The number of benzene rings is 1. The monoisotopic (exact) mass is 338 g/mol. The zero-order valence-electron chi connectivity index (χ0n) is 14.7. The maximum absolute atomic E-state index is 12.2. The normalized spacial score (nSPS) is 11.0. The van der Waals surface area contributed by atoms with E-state index in [1.54, 1.807) is 12.3 Å². The number of nitrogens with one attached hydrogen (secondary N) is 1. The Kier molecular flexibility index (Phi) is 4.97. The van der Waals surface area contributed by atoms with Crippen LogP contribution in [0.1, 0.15) is 41.5 Å². The van der Waals surface area contributed by atoms with E-state index in [2.05, 4.69) is 29.3 Å². The second-order valence-electron chi connectivity index (χ2n) is 6.47. The summed E-state index contributed by atoms with van der Waals surface area (Å²) in [6.07, 6.45) is 4.49. The molecule has 0 aliphatic rings. The van der Waals surface area contributed by atoms with Crippen molar-refractivity contribution in [3.63, 3.8) is 0 Å². The van der Waals surface area contributed by atoms with Gasteiger partial charge in [-0.05, 0) is 37.0 Å². The number of rotatable bonds is 6. The molecule has 3 rings (SSSR count). The lowest BCUT2D eigenvalue weighted by atomic mass is 10.1. The first-order chi connectivity index (χ1) is 12.0. The number of amides is 1. The number of aromatic nitrogens is 3. The minimum atomic E-state index is -0.253. The van der Waals surface area contributed by atoms with Gasteiger partial charge in [0.2, 0.25) is 5.76 Å². The lowest BCUT2D eigenvalue weighted by molar-refractivity contribution is 0.0914. The van der Waals surface area contributed by atoms with Crippen molar-refractivity contribution in [3.8, 4) is 5.69 Å². The third-order valence-electron chi connectivity index (χ3n) is 3.89. The minimum absolute atomic E-state index is 0.251. The second kappa shape index (κ2) is 7.34. The Hall–Kier alpha value is -2.89. The molecule has 6 heteroatoms. The standard InChI is InChI=1S/C19H22N4O2/c1-13(2)10-16-11-18(25-22-16)19(24)21-12-15-4-6-17(7-5-15)23-9-8-20-14(23)3/h4-9,11,13H,10,12H2,1-3H3,(H,21,24). The second-order valence-corrected chi connectivity index (χ2v) is 6.47. The van der Waals surface area contributed by atoms with Gasteiger partial charge in [-0.2, -0.15) is 0 Å². The van der Waals surface area contributed by atoms with Gasteiger partial charge in [-0.25, -0.2) is 4.98 Å². The Bertz CT molecular complexity index is 846. The molecule has 130 valence electrons. The van der Waals surface area contributed by atoms with Gasteiger partial charge in [0, 0.05) is 30.7 Å². The van der Waals surface area contributed by atoms with Crippen LogP contribution < -0.4 is 5.32 Å². The van der Waals surface area contributed by atoms with E-state index < -0.39 is 0 Å². The molecule has 1 aromatic carbocycles. The van der Waals surface area contributed by atoms with Crippen LogP contribution in [0.5, 0.6) is 0 Å².